The summed E-state index contributed by atoms with van der Waals surface area (Å²) >= 11 is 3.34. The Balaban J connectivity index is 1.96. The molecular weight excluding hydrogens is 206 g/mol. The highest BCUT2D eigenvalue weighted by atomic mass is 79.9. The molecule has 0 unspecified atom stereocenters. The van der Waals surface area contributed by atoms with Gasteiger partial charge in [0.25, 0.3) is 0 Å². The lowest BCUT2D eigenvalue weighted by atomic mass is 9.99. The van der Waals surface area contributed by atoms with Gasteiger partial charge in [-0.25, -0.2) is 0 Å². The zero-order valence-corrected chi connectivity index (χ0v) is 8.40. The van der Waals surface area contributed by atoms with Gasteiger partial charge in [0, 0.05) is 11.9 Å². The van der Waals surface area contributed by atoms with Crippen molar-refractivity contribution in [2.24, 2.45) is 5.92 Å². The van der Waals surface area contributed by atoms with Gasteiger partial charge in [-0.15, -0.1) is 0 Å². The predicted molar refractivity (Wildman–Crippen MR) is 50.2 cm³/mol. The fourth-order valence-corrected chi connectivity index (χ4v) is 1.58. The van der Waals surface area contributed by atoms with Gasteiger partial charge in [0.1, 0.15) is 0 Å². The first-order chi connectivity index (χ1) is 5.43. The summed E-state index contributed by atoms with van der Waals surface area (Å²) in [6.07, 6.45) is 2.56. The third-order valence-corrected chi connectivity index (χ3v) is 2.36. The molecule has 66 valence electrons. The maximum atomic E-state index is 5.45. The van der Waals surface area contributed by atoms with Gasteiger partial charge < -0.3 is 10.1 Å². The molecule has 0 aromatic carbocycles. The standard InChI is InChI=1S/C8H16BrNO/c9-3-6-11-7-8-1-4-10-5-2-8/h8,10H,1-7H2. The summed E-state index contributed by atoms with van der Waals surface area (Å²) in [4.78, 5) is 0. The Morgan fingerprint density at radius 1 is 1.36 bits per heavy atom. The van der Waals surface area contributed by atoms with Gasteiger partial charge in [0.2, 0.25) is 0 Å². The van der Waals surface area contributed by atoms with E-state index in [-0.39, 0.29) is 0 Å². The Bertz CT molecular complexity index is 94.1. The molecule has 1 saturated heterocycles. The first kappa shape index (κ1) is 9.49. The first-order valence-electron chi connectivity index (χ1n) is 4.28. The molecule has 0 aromatic rings. The summed E-state index contributed by atoms with van der Waals surface area (Å²) in [6.45, 7) is 4.14. The van der Waals surface area contributed by atoms with E-state index in [0.717, 1.165) is 24.5 Å². The Kier molecular flexibility index (Phi) is 5.15. The number of hydrogen-bond acceptors (Lipinski definition) is 2. The van der Waals surface area contributed by atoms with Crippen molar-refractivity contribution in [3.05, 3.63) is 0 Å². The summed E-state index contributed by atoms with van der Waals surface area (Å²) in [5.41, 5.74) is 0. The molecule has 0 amide bonds. The SMILES string of the molecule is BrCCOCC1CCNCC1. The molecule has 11 heavy (non-hydrogen) atoms. The van der Waals surface area contributed by atoms with E-state index in [9.17, 15) is 0 Å². The van der Waals surface area contributed by atoms with Gasteiger partial charge in [0.05, 0.1) is 6.61 Å². The van der Waals surface area contributed by atoms with E-state index in [1.165, 1.54) is 25.9 Å². The molecule has 1 heterocycles. The van der Waals surface area contributed by atoms with Crippen LogP contribution in [0.3, 0.4) is 0 Å². The third-order valence-electron chi connectivity index (χ3n) is 2.03. The molecule has 0 bridgehead atoms. The molecule has 0 aliphatic carbocycles. The molecule has 1 aliphatic heterocycles. The lowest BCUT2D eigenvalue weighted by Gasteiger charge is -2.21. The number of piperidine rings is 1. The summed E-state index contributed by atoms with van der Waals surface area (Å²) in [5, 5.41) is 4.30. The van der Waals surface area contributed by atoms with Crippen molar-refractivity contribution in [3.8, 4) is 0 Å². The summed E-state index contributed by atoms with van der Waals surface area (Å²) in [5.74, 6) is 0.801. The smallest absolute Gasteiger partial charge is 0.0563 e. The van der Waals surface area contributed by atoms with E-state index in [2.05, 4.69) is 21.2 Å². The van der Waals surface area contributed by atoms with Crippen molar-refractivity contribution in [2.45, 2.75) is 12.8 Å². The van der Waals surface area contributed by atoms with Crippen LogP contribution in [0.4, 0.5) is 0 Å². The number of ether oxygens (including phenoxy) is 1. The second-order valence-electron chi connectivity index (χ2n) is 2.96. The molecule has 0 aromatic heterocycles. The number of nitrogens with one attached hydrogen (secondary N) is 1. The van der Waals surface area contributed by atoms with Gasteiger partial charge in [-0.2, -0.15) is 0 Å². The van der Waals surface area contributed by atoms with Gasteiger partial charge in [-0.1, -0.05) is 15.9 Å². The average molecular weight is 222 g/mol. The highest BCUT2D eigenvalue weighted by molar-refractivity contribution is 9.09. The zero-order chi connectivity index (χ0) is 7.94. The third kappa shape index (κ3) is 4.09. The summed E-state index contributed by atoms with van der Waals surface area (Å²) < 4.78 is 5.45. The number of hydrogen-bond donors (Lipinski definition) is 1. The number of alkyl halides is 1. The normalized spacial score (nSPS) is 20.5. The Morgan fingerprint density at radius 3 is 2.73 bits per heavy atom. The molecule has 1 rings (SSSR count). The largest absolute Gasteiger partial charge is 0.380 e. The van der Waals surface area contributed by atoms with Gasteiger partial charge in [0.15, 0.2) is 0 Å². The van der Waals surface area contributed by atoms with E-state index in [1.807, 2.05) is 0 Å². The number of halogens is 1. The van der Waals surface area contributed by atoms with Crippen molar-refractivity contribution >= 4 is 15.9 Å². The second kappa shape index (κ2) is 5.98. The fraction of sp³-hybridized carbons (Fsp3) is 1.00. The van der Waals surface area contributed by atoms with Crippen LogP contribution < -0.4 is 5.32 Å². The molecule has 1 aliphatic rings. The Hall–Kier alpha value is 0.400. The van der Waals surface area contributed by atoms with Crippen LogP contribution in [0.15, 0.2) is 0 Å². The van der Waals surface area contributed by atoms with Crippen LogP contribution in [-0.4, -0.2) is 31.6 Å². The van der Waals surface area contributed by atoms with E-state index >= 15 is 0 Å². The molecule has 0 atom stereocenters. The van der Waals surface area contributed by atoms with Crippen molar-refractivity contribution in [3.63, 3.8) is 0 Å². The van der Waals surface area contributed by atoms with Crippen LogP contribution >= 0.6 is 15.9 Å². The van der Waals surface area contributed by atoms with Crippen LogP contribution in [0.2, 0.25) is 0 Å². The molecular formula is C8H16BrNO. The quantitative estimate of drug-likeness (QED) is 0.573. The van der Waals surface area contributed by atoms with Gasteiger partial charge in [-0.3, -0.25) is 0 Å². The lowest BCUT2D eigenvalue weighted by Crippen LogP contribution is -2.30. The molecule has 0 radical (unpaired) electrons. The maximum absolute atomic E-state index is 5.45. The number of rotatable bonds is 4. The van der Waals surface area contributed by atoms with Crippen LogP contribution in [0.1, 0.15) is 12.8 Å². The molecule has 2 nitrogen and oxygen atoms in total. The zero-order valence-electron chi connectivity index (χ0n) is 6.81. The fourth-order valence-electron chi connectivity index (χ4n) is 1.35. The van der Waals surface area contributed by atoms with E-state index in [0.29, 0.717) is 0 Å². The molecule has 1 N–H and O–H groups in total. The Labute approximate surface area is 76.8 Å². The highest BCUT2D eigenvalue weighted by Gasteiger charge is 2.12. The van der Waals surface area contributed by atoms with Crippen LogP contribution in [0.25, 0.3) is 0 Å². The minimum absolute atomic E-state index is 0.801. The monoisotopic (exact) mass is 221 g/mol. The summed E-state index contributed by atoms with van der Waals surface area (Å²) in [6, 6.07) is 0. The summed E-state index contributed by atoms with van der Waals surface area (Å²) in [7, 11) is 0. The van der Waals surface area contributed by atoms with Crippen molar-refractivity contribution in [2.75, 3.05) is 31.6 Å². The van der Waals surface area contributed by atoms with Gasteiger partial charge >= 0.3 is 0 Å². The van der Waals surface area contributed by atoms with Crippen molar-refractivity contribution in [1.29, 1.82) is 0 Å². The van der Waals surface area contributed by atoms with Crippen LogP contribution in [0.5, 0.6) is 0 Å². The maximum Gasteiger partial charge on any atom is 0.0563 e. The van der Waals surface area contributed by atoms with Crippen molar-refractivity contribution in [1.82, 2.24) is 5.32 Å². The second-order valence-corrected chi connectivity index (χ2v) is 3.75. The van der Waals surface area contributed by atoms with E-state index in [1.54, 1.807) is 0 Å². The van der Waals surface area contributed by atoms with Crippen LogP contribution in [0, 0.1) is 5.92 Å². The van der Waals surface area contributed by atoms with Crippen LogP contribution in [-0.2, 0) is 4.74 Å². The van der Waals surface area contributed by atoms with Crippen molar-refractivity contribution < 1.29 is 4.74 Å². The molecule has 3 heteroatoms. The van der Waals surface area contributed by atoms with Gasteiger partial charge in [-0.05, 0) is 31.8 Å². The Morgan fingerprint density at radius 2 is 2.09 bits per heavy atom. The predicted octanol–water partition coefficient (Wildman–Crippen LogP) is 1.40. The average Bonchev–Trinajstić information content (AvgIpc) is 2.07. The minimum atomic E-state index is 0.801. The molecule has 0 spiro atoms. The molecule has 0 saturated carbocycles. The lowest BCUT2D eigenvalue weighted by molar-refractivity contribution is 0.100. The first-order valence-corrected chi connectivity index (χ1v) is 5.40. The highest BCUT2D eigenvalue weighted by Crippen LogP contribution is 2.11. The van der Waals surface area contributed by atoms with E-state index in [4.69, 9.17) is 4.74 Å². The minimum Gasteiger partial charge on any atom is -0.380 e. The molecule has 1 fully saturated rings. The topological polar surface area (TPSA) is 21.3 Å². The van der Waals surface area contributed by atoms with E-state index < -0.39 is 0 Å².